The molecule has 2 rings (SSSR count). The number of sulfonamides is 1. The highest BCUT2D eigenvalue weighted by Gasteiger charge is 2.32. The first-order chi connectivity index (χ1) is 14.1. The van der Waals surface area contributed by atoms with Crippen LogP contribution in [0.25, 0.3) is 0 Å². The molecule has 1 N–H and O–H groups in total. The average Bonchev–Trinajstić information content (AvgIpc) is 2.61. The van der Waals surface area contributed by atoms with Crippen molar-refractivity contribution in [1.29, 1.82) is 0 Å². The number of halogens is 9. The molecule has 172 valence electrons. The minimum absolute atomic E-state index is 0.232. The fourth-order valence-electron chi connectivity index (χ4n) is 2.06. The first-order valence-electron chi connectivity index (χ1n) is 7.78. The van der Waals surface area contributed by atoms with Gasteiger partial charge in [0.1, 0.15) is 16.4 Å². The predicted octanol–water partition coefficient (Wildman–Crippen LogP) is 4.79. The van der Waals surface area contributed by atoms with Crippen LogP contribution in [0.4, 0.5) is 45.2 Å². The molecule has 0 aliphatic heterocycles. The molecule has 2 aromatic rings. The molecule has 0 atom stereocenters. The summed E-state index contributed by atoms with van der Waals surface area (Å²) in [7, 11) is -4.99. The second-order valence-electron chi connectivity index (χ2n) is 5.78. The summed E-state index contributed by atoms with van der Waals surface area (Å²) in [5.41, 5.74) is -0.861. The molecule has 0 bridgehead atoms. The van der Waals surface area contributed by atoms with Crippen molar-refractivity contribution in [2.45, 2.75) is 17.2 Å². The van der Waals surface area contributed by atoms with Gasteiger partial charge in [-0.05, 0) is 12.1 Å². The van der Waals surface area contributed by atoms with Gasteiger partial charge in [-0.3, -0.25) is 4.72 Å². The summed E-state index contributed by atoms with van der Waals surface area (Å²) in [5, 5.41) is 0. The lowest BCUT2D eigenvalue weighted by molar-refractivity contribution is -0.154. The second kappa shape index (κ2) is 8.72. The highest BCUT2D eigenvalue weighted by molar-refractivity contribution is 7.92. The zero-order valence-corrected chi connectivity index (χ0v) is 15.6. The van der Waals surface area contributed by atoms with E-state index in [9.17, 15) is 47.9 Å². The van der Waals surface area contributed by atoms with Crippen molar-refractivity contribution < 1.29 is 57.4 Å². The highest BCUT2D eigenvalue weighted by Crippen LogP contribution is 2.32. The van der Waals surface area contributed by atoms with E-state index in [1.165, 1.54) is 0 Å². The molecule has 0 fully saturated rings. The van der Waals surface area contributed by atoms with E-state index in [0.29, 0.717) is 18.2 Å². The van der Waals surface area contributed by atoms with Crippen LogP contribution in [-0.4, -0.2) is 34.0 Å². The number of ether oxygens (including phenoxy) is 2. The van der Waals surface area contributed by atoms with Crippen molar-refractivity contribution in [1.82, 2.24) is 0 Å². The molecule has 0 unspecified atom stereocenters. The number of hydrogen-bond acceptors (Lipinski definition) is 4. The molecule has 0 saturated carbocycles. The number of anilines is 1. The van der Waals surface area contributed by atoms with Gasteiger partial charge in [-0.2, -0.15) is 26.3 Å². The first-order valence-corrected chi connectivity index (χ1v) is 9.26. The molecule has 0 spiro atoms. The average molecular weight is 483 g/mol. The summed E-state index contributed by atoms with van der Waals surface area (Å²) >= 11 is 0. The molecule has 2 aromatic carbocycles. The molecule has 31 heavy (non-hydrogen) atoms. The molecule has 0 aliphatic rings. The number of alkyl halides is 6. The number of hydrogen-bond donors (Lipinski definition) is 1. The van der Waals surface area contributed by atoms with Crippen molar-refractivity contribution >= 4 is 15.7 Å². The van der Waals surface area contributed by atoms with E-state index >= 15 is 0 Å². The van der Waals surface area contributed by atoms with Crippen molar-refractivity contribution in [3.05, 3.63) is 47.8 Å². The van der Waals surface area contributed by atoms with Crippen LogP contribution in [0, 0.1) is 17.5 Å². The summed E-state index contributed by atoms with van der Waals surface area (Å²) in [6.07, 6.45) is -9.71. The number of benzene rings is 2. The molecule has 0 aromatic heterocycles. The number of rotatable bonds is 7. The van der Waals surface area contributed by atoms with E-state index in [1.807, 2.05) is 0 Å². The van der Waals surface area contributed by atoms with Gasteiger partial charge in [0.05, 0.1) is 5.69 Å². The van der Waals surface area contributed by atoms with Gasteiger partial charge >= 0.3 is 12.4 Å². The zero-order chi connectivity index (χ0) is 23.6. The van der Waals surface area contributed by atoms with Gasteiger partial charge in [-0.1, -0.05) is 0 Å². The quantitative estimate of drug-likeness (QED) is 0.455. The van der Waals surface area contributed by atoms with E-state index in [2.05, 4.69) is 9.47 Å². The molecule has 0 heterocycles. The van der Waals surface area contributed by atoms with Crippen LogP contribution in [0.2, 0.25) is 0 Å². The Labute approximate surface area is 168 Å². The fourth-order valence-corrected chi connectivity index (χ4v) is 3.26. The fraction of sp³-hybridized carbons (Fsp3) is 0.250. The molecule has 0 radical (unpaired) electrons. The van der Waals surface area contributed by atoms with Gasteiger partial charge in [0.15, 0.2) is 30.7 Å². The van der Waals surface area contributed by atoms with Crippen molar-refractivity contribution in [2.24, 2.45) is 0 Å². The van der Waals surface area contributed by atoms with Crippen molar-refractivity contribution in [3.63, 3.8) is 0 Å². The predicted molar refractivity (Wildman–Crippen MR) is 86.7 cm³/mol. The van der Waals surface area contributed by atoms with E-state index in [4.69, 9.17) is 0 Å². The Balaban J connectivity index is 2.44. The maximum atomic E-state index is 13.3. The molecule has 0 saturated heterocycles. The molecule has 15 heteroatoms. The monoisotopic (exact) mass is 483 g/mol. The van der Waals surface area contributed by atoms with Crippen LogP contribution in [0.15, 0.2) is 35.2 Å². The summed E-state index contributed by atoms with van der Waals surface area (Å²) < 4.78 is 149. The van der Waals surface area contributed by atoms with E-state index in [-0.39, 0.29) is 12.1 Å². The molecule has 5 nitrogen and oxygen atoms in total. The summed E-state index contributed by atoms with van der Waals surface area (Å²) in [6.45, 7) is -3.81. The summed E-state index contributed by atoms with van der Waals surface area (Å²) in [5.74, 6) is -7.15. The Morgan fingerprint density at radius 1 is 0.806 bits per heavy atom. The van der Waals surface area contributed by atoms with E-state index in [0.717, 1.165) is 0 Å². The smallest absolute Gasteiger partial charge is 0.422 e. The maximum absolute atomic E-state index is 13.3. The van der Waals surface area contributed by atoms with Crippen LogP contribution in [0.1, 0.15) is 0 Å². The normalized spacial score (nSPS) is 12.5. The highest BCUT2D eigenvalue weighted by atomic mass is 32.2. The lowest BCUT2D eigenvalue weighted by atomic mass is 10.3. The van der Waals surface area contributed by atoms with Gasteiger partial charge < -0.3 is 9.47 Å². The first kappa shape index (κ1) is 24.4. The Bertz CT molecular complexity index is 1030. The lowest BCUT2D eigenvalue weighted by Crippen LogP contribution is -2.22. The molecular formula is C16H10F9NO4S. The van der Waals surface area contributed by atoms with E-state index in [1.54, 1.807) is 4.72 Å². The standard InChI is InChI=1S/C16H10F9NO4S/c17-10-3-8(4-11(18)14(10)19)26-31(27,28)13-5-9(29-6-15(20,21)22)1-2-12(13)30-7-16(23,24)25/h1-5,26H,6-7H2. The van der Waals surface area contributed by atoms with Gasteiger partial charge in [-0.15, -0.1) is 0 Å². The minimum Gasteiger partial charge on any atom is -0.484 e. The topological polar surface area (TPSA) is 64.6 Å². The summed E-state index contributed by atoms with van der Waals surface area (Å²) in [4.78, 5) is -1.14. The summed E-state index contributed by atoms with van der Waals surface area (Å²) in [6, 6.07) is 2.19. The Kier molecular flexibility index (Phi) is 6.87. The zero-order valence-electron chi connectivity index (χ0n) is 14.7. The third-order valence-corrected chi connectivity index (χ3v) is 4.64. The van der Waals surface area contributed by atoms with Gasteiger partial charge in [0.25, 0.3) is 10.0 Å². The molecule has 0 aliphatic carbocycles. The molecular weight excluding hydrogens is 473 g/mol. The maximum Gasteiger partial charge on any atom is 0.422 e. The van der Waals surface area contributed by atoms with Crippen molar-refractivity contribution in [3.8, 4) is 11.5 Å². The van der Waals surface area contributed by atoms with Crippen LogP contribution in [-0.2, 0) is 10.0 Å². The molecule has 0 amide bonds. The largest absolute Gasteiger partial charge is 0.484 e. The van der Waals surface area contributed by atoms with Gasteiger partial charge in [-0.25, -0.2) is 21.6 Å². The lowest BCUT2D eigenvalue weighted by Gasteiger charge is -2.16. The minimum atomic E-state index is -4.99. The Morgan fingerprint density at radius 3 is 1.84 bits per heavy atom. The van der Waals surface area contributed by atoms with Crippen LogP contribution >= 0.6 is 0 Å². The Hall–Kier alpha value is -2.84. The Morgan fingerprint density at radius 2 is 1.32 bits per heavy atom. The van der Waals surface area contributed by atoms with Gasteiger partial charge in [0, 0.05) is 18.2 Å². The van der Waals surface area contributed by atoms with Crippen LogP contribution in [0.5, 0.6) is 11.5 Å². The van der Waals surface area contributed by atoms with Crippen LogP contribution < -0.4 is 14.2 Å². The van der Waals surface area contributed by atoms with Gasteiger partial charge in [0.2, 0.25) is 0 Å². The van der Waals surface area contributed by atoms with Crippen LogP contribution in [0.3, 0.4) is 0 Å². The SMILES string of the molecule is O=S(=O)(Nc1cc(F)c(F)c(F)c1)c1cc(OCC(F)(F)F)ccc1OCC(F)(F)F. The second-order valence-corrected chi connectivity index (χ2v) is 7.43. The van der Waals surface area contributed by atoms with E-state index < -0.39 is 75.1 Å². The third-order valence-electron chi connectivity index (χ3n) is 3.23. The third kappa shape index (κ3) is 7.11. The van der Waals surface area contributed by atoms with Crippen molar-refractivity contribution in [2.75, 3.05) is 17.9 Å². The number of nitrogens with one attached hydrogen (secondary N) is 1.